The first-order valence-corrected chi connectivity index (χ1v) is 5.85. The fourth-order valence-corrected chi connectivity index (χ4v) is 1.96. The van der Waals surface area contributed by atoms with Gasteiger partial charge in [0, 0.05) is 4.47 Å². The highest BCUT2D eigenvalue weighted by atomic mass is 79.9. The minimum Gasteiger partial charge on any atom is -0.0831 e. The van der Waals surface area contributed by atoms with E-state index in [0.717, 1.165) is 15.9 Å². The highest BCUT2D eigenvalue weighted by Gasteiger charge is 2.02. The molecule has 0 unspecified atom stereocenters. The van der Waals surface area contributed by atoms with E-state index in [9.17, 15) is 0 Å². The molecule has 0 saturated heterocycles. The van der Waals surface area contributed by atoms with Crippen molar-refractivity contribution in [2.24, 2.45) is 0 Å². The standard InChI is InChI=1S/C11H14BrCl/c1-2-3-4-6-9-7-5-8-10(13)11(9)12/h5,7-8H,2-4,6H2,1H3. The van der Waals surface area contributed by atoms with Gasteiger partial charge >= 0.3 is 0 Å². The summed E-state index contributed by atoms with van der Waals surface area (Å²) in [7, 11) is 0. The largest absolute Gasteiger partial charge is 0.0831 e. The summed E-state index contributed by atoms with van der Waals surface area (Å²) < 4.78 is 1.06. The monoisotopic (exact) mass is 260 g/mol. The zero-order valence-corrected chi connectivity index (χ0v) is 10.2. The minimum absolute atomic E-state index is 0.814. The predicted octanol–water partition coefficient (Wildman–Crippen LogP) is 4.84. The molecule has 2 heteroatoms. The van der Waals surface area contributed by atoms with Crippen LogP contribution in [0, 0.1) is 0 Å². The van der Waals surface area contributed by atoms with Crippen molar-refractivity contribution < 1.29 is 0 Å². The van der Waals surface area contributed by atoms with Gasteiger partial charge in [0.15, 0.2) is 0 Å². The molecule has 0 heterocycles. The summed E-state index contributed by atoms with van der Waals surface area (Å²) in [4.78, 5) is 0. The number of rotatable bonds is 4. The van der Waals surface area contributed by atoms with Gasteiger partial charge < -0.3 is 0 Å². The first kappa shape index (κ1) is 11.1. The fourth-order valence-electron chi connectivity index (χ4n) is 1.31. The molecular weight excluding hydrogens is 247 g/mol. The highest BCUT2D eigenvalue weighted by molar-refractivity contribution is 9.10. The van der Waals surface area contributed by atoms with Crippen molar-refractivity contribution in [2.45, 2.75) is 32.6 Å². The molecule has 13 heavy (non-hydrogen) atoms. The predicted molar refractivity (Wildman–Crippen MR) is 62.4 cm³/mol. The van der Waals surface area contributed by atoms with Crippen LogP contribution in [0.5, 0.6) is 0 Å². The van der Waals surface area contributed by atoms with Gasteiger partial charge in [0.2, 0.25) is 0 Å². The SMILES string of the molecule is CCCCCc1cccc(Cl)c1Br. The van der Waals surface area contributed by atoms with Crippen molar-refractivity contribution in [3.63, 3.8) is 0 Å². The molecule has 0 radical (unpaired) electrons. The van der Waals surface area contributed by atoms with Crippen molar-refractivity contribution in [1.82, 2.24) is 0 Å². The number of halogens is 2. The highest BCUT2D eigenvalue weighted by Crippen LogP contribution is 2.27. The number of aryl methyl sites for hydroxylation is 1. The van der Waals surface area contributed by atoms with Gasteiger partial charge in [0.05, 0.1) is 5.02 Å². The Bertz CT molecular complexity index is 271. The van der Waals surface area contributed by atoms with E-state index in [1.807, 2.05) is 12.1 Å². The average molecular weight is 262 g/mol. The van der Waals surface area contributed by atoms with E-state index in [-0.39, 0.29) is 0 Å². The van der Waals surface area contributed by atoms with E-state index in [1.165, 1.54) is 24.8 Å². The molecule has 0 spiro atoms. The van der Waals surface area contributed by atoms with Crippen LogP contribution in [0.15, 0.2) is 22.7 Å². The molecule has 1 aromatic carbocycles. The summed E-state index contributed by atoms with van der Waals surface area (Å²) in [5, 5.41) is 0.814. The first-order chi connectivity index (χ1) is 6.25. The molecule has 0 aliphatic heterocycles. The van der Waals surface area contributed by atoms with Crippen molar-refractivity contribution >= 4 is 27.5 Å². The summed E-state index contributed by atoms with van der Waals surface area (Å²) >= 11 is 9.48. The lowest BCUT2D eigenvalue weighted by atomic mass is 10.1. The van der Waals surface area contributed by atoms with Crippen LogP contribution in [0.25, 0.3) is 0 Å². The third-order valence-electron chi connectivity index (χ3n) is 2.08. The number of hydrogen-bond donors (Lipinski definition) is 0. The van der Waals surface area contributed by atoms with Crippen LogP contribution >= 0.6 is 27.5 Å². The van der Waals surface area contributed by atoms with Crippen molar-refractivity contribution in [3.8, 4) is 0 Å². The molecule has 0 aromatic heterocycles. The van der Waals surface area contributed by atoms with Crippen LogP contribution in [0.2, 0.25) is 5.02 Å². The summed E-state index contributed by atoms with van der Waals surface area (Å²) in [6, 6.07) is 6.05. The van der Waals surface area contributed by atoms with E-state index in [1.54, 1.807) is 0 Å². The molecule has 0 saturated carbocycles. The maximum atomic E-state index is 5.98. The van der Waals surface area contributed by atoms with Gasteiger partial charge in [-0.05, 0) is 40.4 Å². The van der Waals surface area contributed by atoms with Crippen LogP contribution in [0.4, 0.5) is 0 Å². The normalized spacial score (nSPS) is 10.4. The second kappa shape index (κ2) is 5.66. The van der Waals surface area contributed by atoms with E-state index in [2.05, 4.69) is 28.9 Å². The zero-order chi connectivity index (χ0) is 9.68. The third-order valence-corrected chi connectivity index (χ3v) is 3.56. The smallest absolute Gasteiger partial charge is 0.0550 e. The molecule has 1 rings (SSSR count). The van der Waals surface area contributed by atoms with Gasteiger partial charge in [-0.15, -0.1) is 0 Å². The lowest BCUT2D eigenvalue weighted by Crippen LogP contribution is -1.87. The second-order valence-electron chi connectivity index (χ2n) is 3.17. The summed E-state index contributed by atoms with van der Waals surface area (Å²) in [6.07, 6.45) is 4.92. The molecule has 0 N–H and O–H groups in total. The molecule has 0 aliphatic carbocycles. The lowest BCUT2D eigenvalue weighted by molar-refractivity contribution is 0.716. The maximum Gasteiger partial charge on any atom is 0.0550 e. The summed E-state index contributed by atoms with van der Waals surface area (Å²) in [5.74, 6) is 0. The van der Waals surface area contributed by atoms with E-state index in [0.29, 0.717) is 0 Å². The quantitative estimate of drug-likeness (QED) is 0.681. The van der Waals surface area contributed by atoms with Gasteiger partial charge in [0.1, 0.15) is 0 Å². The van der Waals surface area contributed by atoms with Crippen LogP contribution in [-0.4, -0.2) is 0 Å². The van der Waals surface area contributed by atoms with Gasteiger partial charge in [-0.2, -0.15) is 0 Å². The average Bonchev–Trinajstić information content (AvgIpc) is 2.13. The Morgan fingerprint density at radius 3 is 2.77 bits per heavy atom. The number of hydrogen-bond acceptors (Lipinski definition) is 0. The van der Waals surface area contributed by atoms with Gasteiger partial charge in [-0.3, -0.25) is 0 Å². The Hall–Kier alpha value is -0.0100. The molecule has 0 atom stereocenters. The molecule has 0 fully saturated rings. The van der Waals surface area contributed by atoms with Crippen molar-refractivity contribution in [3.05, 3.63) is 33.3 Å². The molecule has 0 aliphatic rings. The Morgan fingerprint density at radius 1 is 1.31 bits per heavy atom. The molecular formula is C11H14BrCl. The van der Waals surface area contributed by atoms with Gasteiger partial charge in [0.25, 0.3) is 0 Å². The Labute approximate surface area is 93.4 Å². The van der Waals surface area contributed by atoms with E-state index in [4.69, 9.17) is 11.6 Å². The molecule has 1 aromatic rings. The maximum absolute atomic E-state index is 5.98. The Balaban J connectivity index is 2.61. The van der Waals surface area contributed by atoms with Crippen LogP contribution in [0.1, 0.15) is 31.7 Å². The Morgan fingerprint density at radius 2 is 2.08 bits per heavy atom. The van der Waals surface area contributed by atoms with Crippen LogP contribution in [0.3, 0.4) is 0 Å². The van der Waals surface area contributed by atoms with Crippen LogP contribution < -0.4 is 0 Å². The van der Waals surface area contributed by atoms with Gasteiger partial charge in [-0.25, -0.2) is 0 Å². The lowest BCUT2D eigenvalue weighted by Gasteiger charge is -2.04. The summed E-state index contributed by atoms with van der Waals surface area (Å²) in [6.45, 7) is 2.22. The third kappa shape index (κ3) is 3.32. The Kier molecular flexibility index (Phi) is 4.82. The van der Waals surface area contributed by atoms with Gasteiger partial charge in [-0.1, -0.05) is 43.5 Å². The van der Waals surface area contributed by atoms with E-state index >= 15 is 0 Å². The molecule has 72 valence electrons. The molecule has 0 bridgehead atoms. The van der Waals surface area contributed by atoms with Crippen LogP contribution in [-0.2, 0) is 6.42 Å². The number of benzene rings is 1. The number of unbranched alkanes of at least 4 members (excludes halogenated alkanes) is 2. The van der Waals surface area contributed by atoms with Crippen molar-refractivity contribution in [1.29, 1.82) is 0 Å². The fraction of sp³-hybridized carbons (Fsp3) is 0.455. The topological polar surface area (TPSA) is 0 Å². The summed E-state index contributed by atoms with van der Waals surface area (Å²) in [5.41, 5.74) is 1.32. The minimum atomic E-state index is 0.814. The first-order valence-electron chi connectivity index (χ1n) is 4.68. The van der Waals surface area contributed by atoms with E-state index < -0.39 is 0 Å². The molecule has 0 nitrogen and oxygen atoms in total. The zero-order valence-electron chi connectivity index (χ0n) is 7.82. The second-order valence-corrected chi connectivity index (χ2v) is 4.37. The van der Waals surface area contributed by atoms with Crippen molar-refractivity contribution in [2.75, 3.05) is 0 Å². The molecule has 0 amide bonds.